The Kier molecular flexibility index (Phi) is 20.3. The number of hydrogen-bond acceptors (Lipinski definition) is 9. The van der Waals surface area contributed by atoms with E-state index in [0.717, 1.165) is 42.5 Å². The van der Waals surface area contributed by atoms with E-state index in [0.29, 0.717) is 38.8 Å². The molecular weight excluding hydrogens is 723 g/mol. The third-order valence-electron chi connectivity index (χ3n) is 9.17. The van der Waals surface area contributed by atoms with E-state index in [1.54, 1.807) is 0 Å². The summed E-state index contributed by atoms with van der Waals surface area (Å²) in [5, 5.41) is 4.35. The number of ether oxygens (including phenoxy) is 4. The minimum Gasteiger partial charge on any atom is -0.460 e. The molecule has 0 aliphatic rings. The number of benzene rings is 2. The monoisotopic (exact) mass is 791 g/mol. The highest BCUT2D eigenvalue weighted by Crippen LogP contribution is 2.37. The van der Waals surface area contributed by atoms with Gasteiger partial charge in [0.2, 0.25) is 0 Å². The summed E-state index contributed by atoms with van der Waals surface area (Å²) in [6.45, 7) is 25.1. The van der Waals surface area contributed by atoms with Crippen molar-refractivity contribution < 1.29 is 37.5 Å². The van der Waals surface area contributed by atoms with E-state index in [-0.39, 0.29) is 41.7 Å². The fraction of sp³-hybridized carbons (Fsp3) is 0.587. The Morgan fingerprint density at radius 3 is 1.68 bits per heavy atom. The Morgan fingerprint density at radius 1 is 0.732 bits per heavy atom. The zero-order chi connectivity index (χ0) is 41.8. The third-order valence-corrected chi connectivity index (χ3v) is 13.7. The third kappa shape index (κ3) is 21.0. The van der Waals surface area contributed by atoms with Crippen molar-refractivity contribution in [1.82, 2.24) is 5.16 Å². The quantitative estimate of drug-likeness (QED) is 0.0478. The van der Waals surface area contributed by atoms with Gasteiger partial charge in [-0.05, 0) is 96.5 Å². The molecule has 1 heterocycles. The molecule has 0 amide bonds. The number of carbonyl (C=O) groups is 2. The number of hydrogen-bond donors (Lipinski definition) is 0. The van der Waals surface area contributed by atoms with Gasteiger partial charge in [0.05, 0.1) is 32.7 Å². The van der Waals surface area contributed by atoms with Gasteiger partial charge in [-0.15, -0.1) is 12.3 Å². The van der Waals surface area contributed by atoms with Crippen LogP contribution in [0.25, 0.3) is 0 Å². The summed E-state index contributed by atoms with van der Waals surface area (Å²) in [6.07, 6.45) is 9.16. The number of aromatic nitrogens is 1. The fourth-order valence-electron chi connectivity index (χ4n) is 5.21. The zero-order valence-corrected chi connectivity index (χ0v) is 37.1. The van der Waals surface area contributed by atoms with Crippen LogP contribution in [0.3, 0.4) is 0 Å². The van der Waals surface area contributed by atoms with Crippen molar-refractivity contribution in [1.29, 1.82) is 0 Å². The predicted molar refractivity (Wildman–Crippen MR) is 225 cm³/mol. The summed E-state index contributed by atoms with van der Waals surface area (Å²) in [7, 11) is -1.89. The standard InChI is InChI=1S/C27H43NO5Si.C19H26O3/c1-26(2,3)32-25(29)17-22(15-12-16-30-19-21-13-10-9-11-14-21)24-18-23(28-33-24)20-31-34(7,8)27(4,5)6;1-5-16(14-18(20)22-19(2,3)4)12-9-13-21-15-17-10-7-6-8-11-17/h9-11,13-14,18,22H,12,15-17,19-20H2,1-8H3;1,6-8,10-11,16H,9,12-15H2,2-4H3/t22-;16-/m00/s1. The number of esters is 2. The van der Waals surface area contributed by atoms with Crippen molar-refractivity contribution in [2.75, 3.05) is 13.2 Å². The Bertz CT molecular complexity index is 1590. The lowest BCUT2D eigenvalue weighted by molar-refractivity contribution is -0.156. The van der Waals surface area contributed by atoms with E-state index in [2.05, 4.69) is 44.9 Å². The summed E-state index contributed by atoms with van der Waals surface area (Å²) in [5.74, 6) is 2.69. The molecule has 9 nitrogen and oxygen atoms in total. The maximum atomic E-state index is 12.6. The first-order chi connectivity index (χ1) is 26.2. The lowest BCUT2D eigenvalue weighted by Gasteiger charge is -2.35. The van der Waals surface area contributed by atoms with Crippen molar-refractivity contribution >= 4 is 20.3 Å². The van der Waals surface area contributed by atoms with E-state index >= 15 is 0 Å². The van der Waals surface area contributed by atoms with Gasteiger partial charge in [0.25, 0.3) is 0 Å². The van der Waals surface area contributed by atoms with Crippen LogP contribution < -0.4 is 0 Å². The molecule has 0 aliphatic carbocycles. The summed E-state index contributed by atoms with van der Waals surface area (Å²) < 4.78 is 34.2. The SMILES string of the molecule is C#C[C@@H](CCCOCc1ccccc1)CC(=O)OC(C)(C)C.CC(C)(C)OC(=O)C[C@H](CCCOCc1ccccc1)c1cc(CO[Si](C)(C)C(C)(C)C)no1. The van der Waals surface area contributed by atoms with Crippen LogP contribution in [0.15, 0.2) is 71.3 Å². The molecule has 0 fully saturated rings. The molecule has 10 heteroatoms. The summed E-state index contributed by atoms with van der Waals surface area (Å²) in [6, 6.07) is 22.1. The molecular formula is C46H69NO8Si. The Balaban J connectivity index is 0.000000425. The highest BCUT2D eigenvalue weighted by atomic mass is 28.4. The van der Waals surface area contributed by atoms with Crippen molar-refractivity contribution in [3.63, 3.8) is 0 Å². The van der Waals surface area contributed by atoms with Gasteiger partial charge < -0.3 is 27.9 Å². The molecule has 0 saturated heterocycles. The van der Waals surface area contributed by atoms with E-state index in [4.69, 9.17) is 34.3 Å². The van der Waals surface area contributed by atoms with Crippen LogP contribution in [-0.4, -0.2) is 49.8 Å². The van der Waals surface area contributed by atoms with Crippen LogP contribution in [0.5, 0.6) is 0 Å². The van der Waals surface area contributed by atoms with Gasteiger partial charge >= 0.3 is 11.9 Å². The van der Waals surface area contributed by atoms with Gasteiger partial charge in [-0.1, -0.05) is 86.6 Å². The van der Waals surface area contributed by atoms with Gasteiger partial charge in [-0.3, -0.25) is 9.59 Å². The fourth-order valence-corrected chi connectivity index (χ4v) is 6.15. The van der Waals surface area contributed by atoms with E-state index in [9.17, 15) is 9.59 Å². The summed E-state index contributed by atoms with van der Waals surface area (Å²) in [4.78, 5) is 24.3. The number of rotatable bonds is 20. The lowest BCUT2D eigenvalue weighted by atomic mass is 9.96. The molecule has 0 spiro atoms. The Morgan fingerprint density at radius 2 is 1.21 bits per heavy atom. The second kappa shape index (κ2) is 23.5. The molecule has 56 heavy (non-hydrogen) atoms. The minimum atomic E-state index is -1.89. The van der Waals surface area contributed by atoms with Crippen molar-refractivity contribution in [2.45, 2.75) is 156 Å². The van der Waals surface area contributed by atoms with Crippen molar-refractivity contribution in [2.24, 2.45) is 5.92 Å². The first kappa shape index (κ1) is 48.4. The lowest BCUT2D eigenvalue weighted by Crippen LogP contribution is -2.40. The molecule has 3 rings (SSSR count). The van der Waals surface area contributed by atoms with Crippen LogP contribution in [0.4, 0.5) is 0 Å². The van der Waals surface area contributed by atoms with Gasteiger partial charge in [-0.2, -0.15) is 0 Å². The molecule has 3 aromatic rings. The summed E-state index contributed by atoms with van der Waals surface area (Å²) in [5.41, 5.74) is 2.08. The molecule has 0 radical (unpaired) electrons. The second-order valence-electron chi connectivity index (χ2n) is 17.8. The molecule has 310 valence electrons. The van der Waals surface area contributed by atoms with Crippen molar-refractivity contribution in [3.8, 4) is 12.3 Å². The van der Waals surface area contributed by atoms with Crippen LogP contribution >= 0.6 is 0 Å². The van der Waals surface area contributed by atoms with E-state index in [1.807, 2.05) is 108 Å². The average Bonchev–Trinajstić information content (AvgIpc) is 3.58. The molecule has 2 aromatic carbocycles. The molecule has 0 bridgehead atoms. The molecule has 0 saturated carbocycles. The topological polar surface area (TPSA) is 106 Å². The zero-order valence-electron chi connectivity index (χ0n) is 36.1. The van der Waals surface area contributed by atoms with Gasteiger partial charge in [-0.25, -0.2) is 0 Å². The second-order valence-corrected chi connectivity index (χ2v) is 22.6. The van der Waals surface area contributed by atoms with Crippen molar-refractivity contribution in [3.05, 3.63) is 89.3 Å². The van der Waals surface area contributed by atoms with Crippen LogP contribution in [0, 0.1) is 18.3 Å². The molecule has 1 aromatic heterocycles. The first-order valence-electron chi connectivity index (χ1n) is 19.9. The van der Waals surface area contributed by atoms with Gasteiger partial charge in [0, 0.05) is 31.1 Å². The maximum Gasteiger partial charge on any atom is 0.307 e. The van der Waals surface area contributed by atoms with E-state index in [1.165, 1.54) is 0 Å². The molecule has 0 unspecified atom stereocenters. The van der Waals surface area contributed by atoms with Gasteiger partial charge in [0.15, 0.2) is 8.32 Å². The van der Waals surface area contributed by atoms with E-state index < -0.39 is 19.5 Å². The minimum absolute atomic E-state index is 0.0878. The predicted octanol–water partition coefficient (Wildman–Crippen LogP) is 11.0. The van der Waals surface area contributed by atoms with Crippen LogP contribution in [0.1, 0.15) is 129 Å². The highest BCUT2D eigenvalue weighted by Gasteiger charge is 2.37. The number of carbonyl (C=O) groups excluding carboxylic acids is 2. The van der Waals surface area contributed by atoms with Crippen LogP contribution in [-0.2, 0) is 52.8 Å². The highest BCUT2D eigenvalue weighted by molar-refractivity contribution is 6.74. The first-order valence-corrected chi connectivity index (χ1v) is 22.8. The summed E-state index contributed by atoms with van der Waals surface area (Å²) >= 11 is 0. The van der Waals surface area contributed by atoms with Gasteiger partial charge in [0.1, 0.15) is 22.7 Å². The van der Waals surface area contributed by atoms with Crippen LogP contribution in [0.2, 0.25) is 18.1 Å². The molecule has 2 atom stereocenters. The average molecular weight is 792 g/mol. The molecule has 0 aliphatic heterocycles. The normalized spacial score (nSPS) is 13.2. The Labute approximate surface area is 338 Å². The number of terminal acetylenes is 1. The smallest absolute Gasteiger partial charge is 0.307 e. The maximum absolute atomic E-state index is 12.6. The Hall–Kier alpha value is -3.75. The molecule has 0 N–H and O–H groups in total. The largest absolute Gasteiger partial charge is 0.460 e. The number of nitrogens with zero attached hydrogens (tertiary/aromatic N) is 1.